The van der Waals surface area contributed by atoms with E-state index in [0.29, 0.717) is 37.6 Å². The number of carbonyl (C=O) groups is 2. The molecule has 0 saturated carbocycles. The Morgan fingerprint density at radius 2 is 1.81 bits per heavy atom. The minimum atomic E-state index is -0.138. The zero-order chi connectivity index (χ0) is 25.9. The first-order valence-corrected chi connectivity index (χ1v) is 13.2. The maximum Gasteiger partial charge on any atom is 0.224 e. The highest BCUT2D eigenvalue weighted by atomic mass is 32.1. The fourth-order valence-electron chi connectivity index (χ4n) is 4.04. The number of nitrogens with one attached hydrogen (secondary N) is 2. The fraction of sp³-hybridized carbons (Fsp3) is 0.444. The molecule has 1 aromatic heterocycles. The Balaban J connectivity index is 1.70. The summed E-state index contributed by atoms with van der Waals surface area (Å²) in [5.74, 6) is 1.22. The number of tetrazole rings is 1. The van der Waals surface area contributed by atoms with E-state index in [1.165, 1.54) is 0 Å². The molecular weight excluding hydrogens is 472 g/mol. The Morgan fingerprint density at radius 1 is 1.08 bits per heavy atom. The number of rotatable bonds is 13. The third-order valence-electron chi connectivity index (χ3n) is 6.27. The van der Waals surface area contributed by atoms with Crippen molar-refractivity contribution in [3.8, 4) is 22.5 Å². The predicted molar refractivity (Wildman–Crippen MR) is 145 cm³/mol. The topological polar surface area (TPSA) is 104 Å². The van der Waals surface area contributed by atoms with E-state index >= 15 is 0 Å². The fourth-order valence-corrected chi connectivity index (χ4v) is 4.62. The number of unbranched alkanes of at least 4 members (excludes halogenated alkanes) is 1. The molecule has 0 fully saturated rings. The van der Waals surface area contributed by atoms with Gasteiger partial charge in [-0.3, -0.25) is 9.59 Å². The second kappa shape index (κ2) is 13.8. The van der Waals surface area contributed by atoms with Crippen molar-refractivity contribution in [3.05, 3.63) is 54.1 Å². The van der Waals surface area contributed by atoms with Crippen LogP contribution in [0.3, 0.4) is 0 Å². The average molecular weight is 509 g/mol. The molecule has 0 bridgehead atoms. The Kier molecular flexibility index (Phi) is 10.5. The number of thiol groups is 1. The van der Waals surface area contributed by atoms with Crippen LogP contribution in [0, 0.1) is 11.8 Å². The molecule has 0 radical (unpaired) electrons. The Hall–Kier alpha value is -3.20. The van der Waals surface area contributed by atoms with Gasteiger partial charge in [0.1, 0.15) is 0 Å². The van der Waals surface area contributed by atoms with Gasteiger partial charge in [0.25, 0.3) is 0 Å². The van der Waals surface area contributed by atoms with E-state index in [-0.39, 0.29) is 23.7 Å². The van der Waals surface area contributed by atoms with E-state index in [0.717, 1.165) is 35.1 Å². The van der Waals surface area contributed by atoms with E-state index in [2.05, 4.69) is 45.5 Å². The first kappa shape index (κ1) is 27.4. The summed E-state index contributed by atoms with van der Waals surface area (Å²) in [5, 5.41) is 17.4. The zero-order valence-corrected chi connectivity index (χ0v) is 22.2. The van der Waals surface area contributed by atoms with E-state index in [4.69, 9.17) is 0 Å². The van der Waals surface area contributed by atoms with Crippen LogP contribution in [0.4, 0.5) is 0 Å². The molecule has 0 aliphatic carbocycles. The first-order valence-electron chi connectivity index (χ1n) is 12.5. The Morgan fingerprint density at radius 3 is 2.42 bits per heavy atom. The summed E-state index contributed by atoms with van der Waals surface area (Å²) in [5.41, 5.74) is 3.96. The van der Waals surface area contributed by atoms with Gasteiger partial charge in [0.2, 0.25) is 17.6 Å². The van der Waals surface area contributed by atoms with Crippen LogP contribution in [0.25, 0.3) is 22.5 Å². The zero-order valence-electron chi connectivity index (χ0n) is 21.3. The van der Waals surface area contributed by atoms with Gasteiger partial charge in [0, 0.05) is 43.3 Å². The van der Waals surface area contributed by atoms with Crippen LogP contribution in [0.5, 0.6) is 0 Å². The van der Waals surface area contributed by atoms with Gasteiger partial charge in [0.15, 0.2) is 0 Å². The van der Waals surface area contributed by atoms with E-state index < -0.39 is 0 Å². The third kappa shape index (κ3) is 7.40. The van der Waals surface area contributed by atoms with Gasteiger partial charge < -0.3 is 10.2 Å². The number of carbonyl (C=O) groups excluding carboxylic acids is 2. The number of aromatic amines is 1. The summed E-state index contributed by atoms with van der Waals surface area (Å²) in [7, 11) is 0. The number of amides is 2. The average Bonchev–Trinajstić information content (AvgIpc) is 3.42. The molecule has 0 aliphatic heterocycles. The molecule has 8 nitrogen and oxygen atoms in total. The van der Waals surface area contributed by atoms with Gasteiger partial charge >= 0.3 is 0 Å². The first-order chi connectivity index (χ1) is 17.4. The van der Waals surface area contributed by atoms with Crippen LogP contribution in [0.1, 0.15) is 45.6 Å². The van der Waals surface area contributed by atoms with Crippen molar-refractivity contribution >= 4 is 24.4 Å². The Labute approximate surface area is 218 Å². The number of H-pyrrole nitrogens is 1. The molecule has 9 heteroatoms. The van der Waals surface area contributed by atoms with Gasteiger partial charge in [-0.25, -0.2) is 0 Å². The van der Waals surface area contributed by atoms with Crippen molar-refractivity contribution in [1.82, 2.24) is 30.8 Å². The van der Waals surface area contributed by atoms with Gasteiger partial charge in [-0.05, 0) is 34.2 Å². The number of benzene rings is 2. The van der Waals surface area contributed by atoms with Crippen molar-refractivity contribution in [3.63, 3.8) is 0 Å². The molecule has 3 rings (SSSR count). The van der Waals surface area contributed by atoms with Crippen molar-refractivity contribution in [1.29, 1.82) is 0 Å². The van der Waals surface area contributed by atoms with Gasteiger partial charge in [0.05, 0.1) is 0 Å². The molecule has 0 saturated heterocycles. The monoisotopic (exact) mass is 508 g/mol. The molecule has 192 valence electrons. The van der Waals surface area contributed by atoms with Crippen molar-refractivity contribution in [2.45, 2.75) is 46.6 Å². The summed E-state index contributed by atoms with van der Waals surface area (Å²) in [4.78, 5) is 27.3. The lowest BCUT2D eigenvalue weighted by atomic mass is 9.97. The molecule has 2 aromatic carbocycles. The minimum absolute atomic E-state index is 0.00872. The van der Waals surface area contributed by atoms with Gasteiger partial charge in [-0.2, -0.15) is 17.8 Å². The Bertz CT molecular complexity index is 1100. The van der Waals surface area contributed by atoms with Crippen LogP contribution in [-0.2, 0) is 16.1 Å². The normalized spacial score (nSPS) is 11.9. The largest absolute Gasteiger partial charge is 0.354 e. The molecule has 36 heavy (non-hydrogen) atoms. The van der Waals surface area contributed by atoms with E-state index in [1.54, 1.807) is 0 Å². The van der Waals surface area contributed by atoms with Crippen LogP contribution in [-0.4, -0.2) is 56.2 Å². The van der Waals surface area contributed by atoms with Crippen LogP contribution in [0.15, 0.2) is 48.5 Å². The molecule has 1 unspecified atom stereocenters. The second-order valence-corrected chi connectivity index (χ2v) is 9.59. The second-order valence-electron chi connectivity index (χ2n) is 9.22. The van der Waals surface area contributed by atoms with E-state index in [1.807, 2.05) is 67.3 Å². The molecule has 0 spiro atoms. The number of nitrogens with zero attached hydrogens (tertiary/aromatic N) is 4. The summed E-state index contributed by atoms with van der Waals surface area (Å²) in [6.45, 7) is 7.49. The molecule has 1 heterocycles. The smallest absolute Gasteiger partial charge is 0.224 e. The maximum atomic E-state index is 12.9. The lowest BCUT2D eigenvalue weighted by Gasteiger charge is -2.24. The predicted octanol–water partition coefficient (Wildman–Crippen LogP) is 4.37. The molecule has 0 aliphatic rings. The highest BCUT2D eigenvalue weighted by Crippen LogP contribution is 2.29. The van der Waals surface area contributed by atoms with Crippen LogP contribution >= 0.6 is 12.6 Å². The quantitative estimate of drug-likeness (QED) is 0.298. The van der Waals surface area contributed by atoms with E-state index in [9.17, 15) is 9.59 Å². The van der Waals surface area contributed by atoms with Crippen LogP contribution < -0.4 is 5.32 Å². The van der Waals surface area contributed by atoms with Crippen molar-refractivity contribution in [2.24, 2.45) is 11.8 Å². The molecule has 2 amide bonds. The summed E-state index contributed by atoms with van der Waals surface area (Å²) in [6, 6.07) is 16.1. The molecule has 2 N–H and O–H groups in total. The third-order valence-corrected chi connectivity index (χ3v) is 6.66. The van der Waals surface area contributed by atoms with Gasteiger partial charge in [-0.15, -0.1) is 10.2 Å². The molecular formula is C27H36N6O2S. The molecule has 1 atom stereocenters. The molecule has 3 aromatic rings. The number of hydrogen-bond donors (Lipinski definition) is 3. The standard InChI is InChI=1S/C27H36N6O2S/c1-4-5-10-25(34)33(16-15-28-27(35)24(18-36)19(2)3)17-20-11-13-21(14-12-20)22-8-6-7-9-23(22)26-29-31-32-30-26/h6-9,11-14,19,24,36H,4-5,10,15-18H2,1-3H3,(H,28,35)(H,29,30,31,32). The highest BCUT2D eigenvalue weighted by Gasteiger charge is 2.21. The summed E-state index contributed by atoms with van der Waals surface area (Å²) < 4.78 is 0. The summed E-state index contributed by atoms with van der Waals surface area (Å²) in [6.07, 6.45) is 2.32. The SMILES string of the molecule is CCCCC(=O)N(CCNC(=O)C(CS)C(C)C)Cc1ccc(-c2ccccc2-c2nn[nH]n2)cc1. The van der Waals surface area contributed by atoms with Crippen molar-refractivity contribution < 1.29 is 9.59 Å². The van der Waals surface area contributed by atoms with Crippen molar-refractivity contribution in [2.75, 3.05) is 18.8 Å². The highest BCUT2D eigenvalue weighted by molar-refractivity contribution is 7.80. The van der Waals surface area contributed by atoms with Gasteiger partial charge in [-0.1, -0.05) is 75.7 Å². The van der Waals surface area contributed by atoms with Crippen LogP contribution in [0.2, 0.25) is 0 Å². The lowest BCUT2D eigenvalue weighted by molar-refractivity contribution is -0.132. The number of aromatic nitrogens is 4. The summed E-state index contributed by atoms with van der Waals surface area (Å²) >= 11 is 4.32. The number of hydrogen-bond acceptors (Lipinski definition) is 6. The maximum absolute atomic E-state index is 12.9. The minimum Gasteiger partial charge on any atom is -0.354 e. The lowest BCUT2D eigenvalue weighted by Crippen LogP contribution is -2.41.